The van der Waals surface area contributed by atoms with E-state index in [9.17, 15) is 0 Å². The van der Waals surface area contributed by atoms with Crippen LogP contribution in [0.3, 0.4) is 0 Å². The molecular weight excluding hydrogens is 318 g/mol. The molecule has 2 aromatic rings. The second kappa shape index (κ2) is 9.51. The molecule has 0 fully saturated rings. The van der Waals surface area contributed by atoms with Crippen LogP contribution in [-0.4, -0.2) is 19.3 Å². The molecule has 0 aliphatic heterocycles. The van der Waals surface area contributed by atoms with Crippen molar-refractivity contribution < 1.29 is 0 Å². The fraction of sp³-hybridized carbons (Fsp3) is 0.500. The van der Waals surface area contributed by atoms with Crippen LogP contribution in [0.1, 0.15) is 39.8 Å². The largest absolute Gasteiger partial charge is 0.316 e. The SMILES string of the molecule is CCCc1ccc(CCNCCc2ccc(C)c(C)c2SC)s1. The molecule has 0 bridgehead atoms. The van der Waals surface area contributed by atoms with E-state index in [1.165, 1.54) is 44.2 Å². The zero-order valence-electron chi connectivity index (χ0n) is 14.9. The van der Waals surface area contributed by atoms with Crippen molar-refractivity contribution in [1.29, 1.82) is 0 Å². The lowest BCUT2D eigenvalue weighted by molar-refractivity contribution is 0.681. The molecule has 0 aliphatic rings. The van der Waals surface area contributed by atoms with Gasteiger partial charge >= 0.3 is 0 Å². The molecule has 0 saturated heterocycles. The Labute approximate surface area is 149 Å². The number of nitrogens with one attached hydrogen (secondary N) is 1. The normalized spacial score (nSPS) is 11.1. The van der Waals surface area contributed by atoms with Crippen molar-refractivity contribution >= 4 is 23.1 Å². The average molecular weight is 348 g/mol. The van der Waals surface area contributed by atoms with Gasteiger partial charge in [0.05, 0.1) is 0 Å². The molecule has 1 heterocycles. The van der Waals surface area contributed by atoms with Crippen LogP contribution >= 0.6 is 23.1 Å². The maximum Gasteiger partial charge on any atom is 0.0133 e. The zero-order valence-corrected chi connectivity index (χ0v) is 16.5. The van der Waals surface area contributed by atoms with Gasteiger partial charge in [-0.3, -0.25) is 0 Å². The number of thioether (sulfide) groups is 1. The van der Waals surface area contributed by atoms with Crippen molar-refractivity contribution in [2.45, 2.75) is 51.3 Å². The molecule has 126 valence electrons. The summed E-state index contributed by atoms with van der Waals surface area (Å²) in [5.41, 5.74) is 4.32. The van der Waals surface area contributed by atoms with Gasteiger partial charge < -0.3 is 5.32 Å². The molecule has 3 heteroatoms. The lowest BCUT2D eigenvalue weighted by Gasteiger charge is -2.13. The molecule has 23 heavy (non-hydrogen) atoms. The van der Waals surface area contributed by atoms with Crippen LogP contribution in [0.4, 0.5) is 0 Å². The molecule has 1 nitrogen and oxygen atoms in total. The van der Waals surface area contributed by atoms with Crippen LogP contribution in [0.25, 0.3) is 0 Å². The quantitative estimate of drug-likeness (QED) is 0.480. The Morgan fingerprint density at radius 3 is 2.35 bits per heavy atom. The summed E-state index contributed by atoms with van der Waals surface area (Å²) in [5, 5.41) is 3.61. The summed E-state index contributed by atoms with van der Waals surface area (Å²) in [5.74, 6) is 0. The minimum absolute atomic E-state index is 1.06. The fourth-order valence-electron chi connectivity index (χ4n) is 2.82. The lowest BCUT2D eigenvalue weighted by atomic mass is 10.0. The Morgan fingerprint density at radius 2 is 1.65 bits per heavy atom. The topological polar surface area (TPSA) is 12.0 Å². The highest BCUT2D eigenvalue weighted by Gasteiger charge is 2.07. The highest BCUT2D eigenvalue weighted by Crippen LogP contribution is 2.27. The number of hydrogen-bond donors (Lipinski definition) is 1. The highest BCUT2D eigenvalue weighted by molar-refractivity contribution is 7.98. The van der Waals surface area contributed by atoms with Gasteiger partial charge in [0.15, 0.2) is 0 Å². The Morgan fingerprint density at radius 1 is 0.957 bits per heavy atom. The minimum atomic E-state index is 1.06. The predicted octanol–water partition coefficient (Wildman–Crippen LogP) is 5.41. The van der Waals surface area contributed by atoms with E-state index in [0.29, 0.717) is 0 Å². The van der Waals surface area contributed by atoms with E-state index in [-0.39, 0.29) is 0 Å². The van der Waals surface area contributed by atoms with Crippen molar-refractivity contribution in [3.8, 4) is 0 Å². The summed E-state index contributed by atoms with van der Waals surface area (Å²) in [7, 11) is 0. The summed E-state index contributed by atoms with van der Waals surface area (Å²) in [6, 6.07) is 9.15. The average Bonchev–Trinajstić information content (AvgIpc) is 2.98. The standard InChI is InChI=1S/C20H29NS2/c1-5-6-18-9-10-19(23-18)12-14-21-13-11-17-8-7-15(2)16(3)20(17)22-4/h7-10,21H,5-6,11-14H2,1-4H3. The minimum Gasteiger partial charge on any atom is -0.316 e. The molecule has 0 radical (unpaired) electrons. The maximum atomic E-state index is 3.61. The van der Waals surface area contributed by atoms with Crippen LogP contribution < -0.4 is 5.32 Å². The van der Waals surface area contributed by atoms with Crippen molar-refractivity contribution in [3.05, 3.63) is 50.7 Å². The highest BCUT2D eigenvalue weighted by atomic mass is 32.2. The van der Waals surface area contributed by atoms with Crippen molar-refractivity contribution in [2.75, 3.05) is 19.3 Å². The monoisotopic (exact) mass is 347 g/mol. The molecule has 0 aliphatic carbocycles. The first-order valence-electron chi connectivity index (χ1n) is 8.57. The number of rotatable bonds is 9. The molecule has 0 saturated carbocycles. The molecular formula is C20H29NS2. The van der Waals surface area contributed by atoms with E-state index < -0.39 is 0 Å². The fourth-order valence-corrected chi connectivity index (χ4v) is 4.84. The van der Waals surface area contributed by atoms with Gasteiger partial charge in [0, 0.05) is 14.6 Å². The third kappa shape index (κ3) is 5.37. The molecule has 1 N–H and O–H groups in total. The molecule has 0 spiro atoms. The van der Waals surface area contributed by atoms with Crippen molar-refractivity contribution in [3.63, 3.8) is 0 Å². The number of hydrogen-bond acceptors (Lipinski definition) is 3. The summed E-state index contributed by atoms with van der Waals surface area (Å²) < 4.78 is 0. The third-order valence-electron chi connectivity index (χ3n) is 4.30. The van der Waals surface area contributed by atoms with Gasteiger partial charge in [-0.1, -0.05) is 25.5 Å². The van der Waals surface area contributed by atoms with E-state index >= 15 is 0 Å². The molecule has 0 atom stereocenters. The van der Waals surface area contributed by atoms with Gasteiger partial charge in [-0.05, 0) is 81.3 Å². The zero-order chi connectivity index (χ0) is 16.7. The molecule has 1 aromatic carbocycles. The first kappa shape index (κ1) is 18.6. The first-order valence-corrected chi connectivity index (χ1v) is 10.6. The number of thiophene rings is 1. The van der Waals surface area contributed by atoms with Crippen molar-refractivity contribution in [1.82, 2.24) is 5.32 Å². The first-order chi connectivity index (χ1) is 11.2. The summed E-state index contributed by atoms with van der Waals surface area (Å²) in [6.07, 6.45) is 6.91. The van der Waals surface area contributed by atoms with E-state index in [0.717, 1.165) is 25.9 Å². The van der Waals surface area contributed by atoms with Crippen LogP contribution in [0.15, 0.2) is 29.2 Å². The van der Waals surface area contributed by atoms with Gasteiger partial charge in [-0.15, -0.1) is 23.1 Å². The molecule has 0 unspecified atom stereocenters. The van der Waals surface area contributed by atoms with Crippen LogP contribution in [0.5, 0.6) is 0 Å². The van der Waals surface area contributed by atoms with Gasteiger partial charge in [0.1, 0.15) is 0 Å². The third-order valence-corrected chi connectivity index (χ3v) is 6.48. The summed E-state index contributed by atoms with van der Waals surface area (Å²) in [6.45, 7) is 8.82. The van der Waals surface area contributed by atoms with E-state index in [1.807, 2.05) is 23.1 Å². The molecule has 0 amide bonds. The summed E-state index contributed by atoms with van der Waals surface area (Å²) >= 11 is 3.86. The Kier molecular flexibility index (Phi) is 7.68. The predicted molar refractivity (Wildman–Crippen MR) is 106 cm³/mol. The Balaban J connectivity index is 1.76. The molecule has 2 rings (SSSR count). The summed E-state index contributed by atoms with van der Waals surface area (Å²) in [4.78, 5) is 4.51. The smallest absolute Gasteiger partial charge is 0.0133 e. The Hall–Kier alpha value is -0.770. The van der Waals surface area contributed by atoms with Crippen molar-refractivity contribution in [2.24, 2.45) is 0 Å². The van der Waals surface area contributed by atoms with E-state index in [4.69, 9.17) is 0 Å². The van der Waals surface area contributed by atoms with E-state index in [2.05, 4.69) is 56.6 Å². The number of benzene rings is 1. The maximum absolute atomic E-state index is 3.61. The van der Waals surface area contributed by atoms with Gasteiger partial charge in [0.2, 0.25) is 0 Å². The van der Waals surface area contributed by atoms with Crippen LogP contribution in [0.2, 0.25) is 0 Å². The van der Waals surface area contributed by atoms with Crippen LogP contribution in [0, 0.1) is 13.8 Å². The second-order valence-electron chi connectivity index (χ2n) is 6.07. The number of aryl methyl sites for hydroxylation is 2. The second-order valence-corrected chi connectivity index (χ2v) is 8.14. The Bertz CT molecular complexity index is 616. The van der Waals surface area contributed by atoms with Crippen LogP contribution in [-0.2, 0) is 19.3 Å². The van der Waals surface area contributed by atoms with Gasteiger partial charge in [-0.2, -0.15) is 0 Å². The van der Waals surface area contributed by atoms with Gasteiger partial charge in [-0.25, -0.2) is 0 Å². The molecule has 1 aromatic heterocycles. The van der Waals surface area contributed by atoms with Gasteiger partial charge in [0.25, 0.3) is 0 Å². The van der Waals surface area contributed by atoms with E-state index in [1.54, 1.807) is 0 Å². The lowest BCUT2D eigenvalue weighted by Crippen LogP contribution is -2.20.